The fourth-order valence-corrected chi connectivity index (χ4v) is 2.97. The Morgan fingerprint density at radius 3 is 2.60 bits per heavy atom. The second-order valence-corrected chi connectivity index (χ2v) is 5.25. The Labute approximate surface area is 119 Å². The van der Waals surface area contributed by atoms with E-state index in [2.05, 4.69) is 17.0 Å². The fourth-order valence-electron chi connectivity index (χ4n) is 2.97. The van der Waals surface area contributed by atoms with E-state index in [4.69, 9.17) is 4.74 Å². The first-order chi connectivity index (χ1) is 9.83. The molecular weight excluding hydrogens is 250 g/mol. The van der Waals surface area contributed by atoms with E-state index in [0.29, 0.717) is 11.3 Å². The lowest BCUT2D eigenvalue weighted by Gasteiger charge is -2.29. The molecule has 0 unspecified atom stereocenters. The average molecular weight is 269 g/mol. The molecule has 1 saturated heterocycles. The van der Waals surface area contributed by atoms with Crippen LogP contribution in [0, 0.1) is 0 Å². The number of hydrogen-bond donors (Lipinski definition) is 0. The highest BCUT2D eigenvalue weighted by Crippen LogP contribution is 2.30. The summed E-state index contributed by atoms with van der Waals surface area (Å²) in [6, 6.07) is 10.2. The Morgan fingerprint density at radius 1 is 1.10 bits per heavy atom. The largest absolute Gasteiger partial charge is 0.496 e. The Kier molecular flexibility index (Phi) is 3.59. The van der Waals surface area contributed by atoms with Gasteiger partial charge in [-0.05, 0) is 48.2 Å². The number of anilines is 1. The van der Waals surface area contributed by atoms with E-state index >= 15 is 0 Å². The summed E-state index contributed by atoms with van der Waals surface area (Å²) in [6.07, 6.45) is 4.73. The molecule has 104 valence electrons. The third-order valence-corrected chi connectivity index (χ3v) is 4.06. The van der Waals surface area contributed by atoms with Crippen LogP contribution < -0.4 is 9.64 Å². The van der Waals surface area contributed by atoms with E-state index in [-0.39, 0.29) is 0 Å². The molecule has 3 nitrogen and oxygen atoms in total. The molecular formula is C17H19NO2. The molecule has 2 aromatic rings. The summed E-state index contributed by atoms with van der Waals surface area (Å²) in [4.78, 5) is 13.7. The molecule has 0 atom stereocenters. The quantitative estimate of drug-likeness (QED) is 0.797. The summed E-state index contributed by atoms with van der Waals surface area (Å²) in [6.45, 7) is 2.25. The zero-order chi connectivity index (χ0) is 13.9. The number of fused-ring (bicyclic) bond motifs is 1. The zero-order valence-electron chi connectivity index (χ0n) is 11.8. The minimum atomic E-state index is 0.634. The van der Waals surface area contributed by atoms with E-state index in [9.17, 15) is 4.79 Å². The van der Waals surface area contributed by atoms with Crippen molar-refractivity contribution in [1.29, 1.82) is 0 Å². The number of nitrogens with zero attached hydrogens (tertiary/aromatic N) is 1. The molecule has 20 heavy (non-hydrogen) atoms. The van der Waals surface area contributed by atoms with Crippen LogP contribution in [0.15, 0.2) is 30.3 Å². The molecule has 3 heteroatoms. The number of aldehydes is 1. The minimum absolute atomic E-state index is 0.634. The van der Waals surface area contributed by atoms with E-state index in [1.54, 1.807) is 7.11 Å². The van der Waals surface area contributed by atoms with Gasteiger partial charge in [0.05, 0.1) is 12.7 Å². The first kappa shape index (κ1) is 13.0. The third-order valence-electron chi connectivity index (χ3n) is 4.06. The van der Waals surface area contributed by atoms with E-state index in [1.807, 2.05) is 18.2 Å². The number of benzene rings is 2. The highest BCUT2D eigenvalue weighted by atomic mass is 16.5. The van der Waals surface area contributed by atoms with Gasteiger partial charge >= 0.3 is 0 Å². The van der Waals surface area contributed by atoms with E-state index in [1.165, 1.54) is 24.9 Å². The van der Waals surface area contributed by atoms with Gasteiger partial charge in [-0.2, -0.15) is 0 Å². The Morgan fingerprint density at radius 2 is 1.90 bits per heavy atom. The van der Waals surface area contributed by atoms with Crippen molar-refractivity contribution in [2.45, 2.75) is 19.3 Å². The summed E-state index contributed by atoms with van der Waals surface area (Å²) in [7, 11) is 1.59. The van der Waals surface area contributed by atoms with Gasteiger partial charge in [0.2, 0.25) is 0 Å². The lowest BCUT2D eigenvalue weighted by Crippen LogP contribution is -2.29. The molecule has 3 rings (SSSR count). The maximum atomic E-state index is 11.3. The highest BCUT2D eigenvalue weighted by Gasteiger charge is 2.13. The summed E-state index contributed by atoms with van der Waals surface area (Å²) >= 11 is 0. The topological polar surface area (TPSA) is 29.5 Å². The summed E-state index contributed by atoms with van der Waals surface area (Å²) < 4.78 is 5.25. The molecule has 0 aromatic heterocycles. The van der Waals surface area contributed by atoms with Gasteiger partial charge in [0.1, 0.15) is 5.75 Å². The number of carbonyl (C=O) groups excluding carboxylic acids is 1. The van der Waals surface area contributed by atoms with Gasteiger partial charge in [-0.15, -0.1) is 0 Å². The summed E-state index contributed by atoms with van der Waals surface area (Å²) in [5.41, 5.74) is 1.88. The van der Waals surface area contributed by atoms with E-state index in [0.717, 1.165) is 30.1 Å². The first-order valence-corrected chi connectivity index (χ1v) is 7.14. The monoisotopic (exact) mass is 269 g/mol. The Bertz CT molecular complexity index is 630. The van der Waals surface area contributed by atoms with Gasteiger partial charge < -0.3 is 9.64 Å². The van der Waals surface area contributed by atoms with Crippen molar-refractivity contribution in [2.24, 2.45) is 0 Å². The second kappa shape index (κ2) is 5.53. The van der Waals surface area contributed by atoms with Crippen molar-refractivity contribution < 1.29 is 9.53 Å². The maximum Gasteiger partial charge on any atom is 0.154 e. The molecule has 0 saturated carbocycles. The molecule has 0 spiro atoms. The second-order valence-electron chi connectivity index (χ2n) is 5.25. The van der Waals surface area contributed by atoms with Crippen LogP contribution in [-0.4, -0.2) is 26.5 Å². The zero-order valence-corrected chi connectivity index (χ0v) is 11.8. The Hall–Kier alpha value is -2.03. The number of hydrogen-bond acceptors (Lipinski definition) is 3. The van der Waals surface area contributed by atoms with Gasteiger partial charge in [-0.25, -0.2) is 0 Å². The molecule has 1 heterocycles. The predicted octanol–water partition coefficient (Wildman–Crippen LogP) is 3.65. The lowest BCUT2D eigenvalue weighted by molar-refractivity contribution is 0.112. The van der Waals surface area contributed by atoms with Gasteiger partial charge in [-0.1, -0.05) is 12.1 Å². The van der Waals surface area contributed by atoms with Gasteiger partial charge in [0.25, 0.3) is 0 Å². The molecule has 0 bridgehead atoms. The van der Waals surface area contributed by atoms with Crippen LogP contribution in [-0.2, 0) is 0 Å². The van der Waals surface area contributed by atoms with Crippen molar-refractivity contribution in [3.63, 3.8) is 0 Å². The standard InChI is InChI=1S/C17H19NO2/c1-20-17-8-5-13-11-14(18-9-3-2-4-10-18)6-7-15(13)16(17)12-19/h5-8,11-12H,2-4,9-10H2,1H3. The van der Waals surface area contributed by atoms with Gasteiger partial charge in [-0.3, -0.25) is 4.79 Å². The molecule has 1 aliphatic heterocycles. The van der Waals surface area contributed by atoms with Crippen LogP contribution in [0.4, 0.5) is 5.69 Å². The van der Waals surface area contributed by atoms with Gasteiger partial charge in [0.15, 0.2) is 6.29 Å². The normalized spacial score (nSPS) is 15.3. The molecule has 1 aliphatic rings. The number of ether oxygens (including phenoxy) is 1. The maximum absolute atomic E-state index is 11.3. The highest BCUT2D eigenvalue weighted by molar-refractivity contribution is 6.01. The molecule has 1 fully saturated rings. The van der Waals surface area contributed by atoms with Crippen molar-refractivity contribution in [3.05, 3.63) is 35.9 Å². The van der Waals surface area contributed by atoms with Gasteiger partial charge in [0, 0.05) is 18.8 Å². The molecule has 2 aromatic carbocycles. The van der Waals surface area contributed by atoms with Crippen LogP contribution in [0.2, 0.25) is 0 Å². The molecule has 0 radical (unpaired) electrons. The van der Waals surface area contributed by atoms with Crippen molar-refractivity contribution in [3.8, 4) is 5.75 Å². The molecule has 0 amide bonds. The van der Waals surface area contributed by atoms with Crippen LogP contribution in [0.25, 0.3) is 10.8 Å². The minimum Gasteiger partial charge on any atom is -0.496 e. The number of carbonyl (C=O) groups is 1. The fraction of sp³-hybridized carbons (Fsp3) is 0.353. The van der Waals surface area contributed by atoms with Crippen molar-refractivity contribution >= 4 is 22.7 Å². The number of piperidine rings is 1. The smallest absolute Gasteiger partial charge is 0.154 e. The van der Waals surface area contributed by atoms with Crippen LogP contribution in [0.1, 0.15) is 29.6 Å². The van der Waals surface area contributed by atoms with Crippen molar-refractivity contribution in [2.75, 3.05) is 25.1 Å². The predicted molar refractivity (Wildman–Crippen MR) is 82.0 cm³/mol. The lowest BCUT2D eigenvalue weighted by atomic mass is 10.0. The van der Waals surface area contributed by atoms with Crippen LogP contribution >= 0.6 is 0 Å². The SMILES string of the molecule is COc1ccc2cc(N3CCCCC3)ccc2c1C=O. The number of methoxy groups -OCH3 is 1. The Balaban J connectivity index is 2.05. The molecule has 0 aliphatic carbocycles. The molecule has 0 N–H and O–H groups in total. The van der Waals surface area contributed by atoms with Crippen molar-refractivity contribution in [1.82, 2.24) is 0 Å². The van der Waals surface area contributed by atoms with Crippen LogP contribution in [0.3, 0.4) is 0 Å². The summed E-state index contributed by atoms with van der Waals surface area (Å²) in [5.74, 6) is 0.637. The summed E-state index contributed by atoms with van der Waals surface area (Å²) in [5, 5.41) is 2.05. The number of rotatable bonds is 3. The van der Waals surface area contributed by atoms with E-state index < -0.39 is 0 Å². The first-order valence-electron chi connectivity index (χ1n) is 7.14. The third kappa shape index (κ3) is 2.24. The average Bonchev–Trinajstić information content (AvgIpc) is 2.54. The van der Waals surface area contributed by atoms with Crippen LogP contribution in [0.5, 0.6) is 5.75 Å².